The number of hydrogen-bond acceptors (Lipinski definition) is 4. The van der Waals surface area contributed by atoms with Crippen molar-refractivity contribution in [3.8, 4) is 5.75 Å². The second kappa shape index (κ2) is 7.84. The fourth-order valence-corrected chi connectivity index (χ4v) is 3.50. The Balaban J connectivity index is 1.94. The maximum atomic E-state index is 13.2. The summed E-state index contributed by atoms with van der Waals surface area (Å²) in [7, 11) is 0. The van der Waals surface area contributed by atoms with Crippen LogP contribution < -0.4 is 15.4 Å². The van der Waals surface area contributed by atoms with E-state index in [1.54, 1.807) is 0 Å². The van der Waals surface area contributed by atoms with Gasteiger partial charge in [0.1, 0.15) is 11.7 Å². The van der Waals surface area contributed by atoms with Gasteiger partial charge in [-0.25, -0.2) is 0 Å². The Morgan fingerprint density at radius 1 is 1.40 bits per heavy atom. The molecule has 0 saturated carbocycles. The van der Waals surface area contributed by atoms with Crippen LogP contribution in [-0.2, 0) is 9.53 Å². The van der Waals surface area contributed by atoms with Gasteiger partial charge in [-0.2, -0.15) is 0 Å². The second-order valence-electron chi connectivity index (χ2n) is 5.99. The third-order valence-corrected chi connectivity index (χ3v) is 4.63. The number of benzene rings is 1. The molecule has 2 aliphatic heterocycles. The van der Waals surface area contributed by atoms with E-state index in [0.29, 0.717) is 43.7 Å². The number of para-hydroxylation sites is 1. The van der Waals surface area contributed by atoms with Crippen LogP contribution >= 0.6 is 12.2 Å². The normalized spacial score (nSPS) is 23.6. The molecule has 2 atom stereocenters. The first-order chi connectivity index (χ1) is 12.1. The molecule has 3 rings (SSSR count). The molecule has 0 spiro atoms. The monoisotopic (exact) mass is 361 g/mol. The summed E-state index contributed by atoms with van der Waals surface area (Å²) in [4.78, 5) is 15.0. The van der Waals surface area contributed by atoms with Gasteiger partial charge in [0.05, 0.1) is 25.9 Å². The maximum Gasteiger partial charge on any atom is 0.234 e. The van der Waals surface area contributed by atoms with Gasteiger partial charge in [-0.15, -0.1) is 0 Å². The summed E-state index contributed by atoms with van der Waals surface area (Å²) >= 11 is 5.29. The van der Waals surface area contributed by atoms with Crippen molar-refractivity contribution >= 4 is 23.2 Å². The van der Waals surface area contributed by atoms with E-state index in [4.69, 9.17) is 21.7 Å². The minimum Gasteiger partial charge on any atom is -0.494 e. The van der Waals surface area contributed by atoms with E-state index in [2.05, 4.69) is 17.2 Å². The van der Waals surface area contributed by atoms with Gasteiger partial charge in [0, 0.05) is 24.4 Å². The average Bonchev–Trinajstić information content (AvgIpc) is 2.62. The number of hydrogen-bond donors (Lipinski definition) is 2. The fraction of sp³-hybridized carbons (Fsp3) is 0.444. The summed E-state index contributed by atoms with van der Waals surface area (Å²) < 4.78 is 11.1. The van der Waals surface area contributed by atoms with E-state index in [1.807, 2.05) is 36.1 Å². The lowest BCUT2D eigenvalue weighted by Crippen LogP contribution is -2.55. The van der Waals surface area contributed by atoms with Crippen molar-refractivity contribution in [3.63, 3.8) is 0 Å². The largest absolute Gasteiger partial charge is 0.494 e. The van der Waals surface area contributed by atoms with Crippen LogP contribution in [0, 0.1) is 5.92 Å². The number of morpholine rings is 1. The lowest BCUT2D eigenvalue weighted by molar-refractivity contribution is -0.139. The Morgan fingerprint density at radius 2 is 2.12 bits per heavy atom. The smallest absolute Gasteiger partial charge is 0.234 e. The molecule has 2 aliphatic rings. The molecule has 25 heavy (non-hydrogen) atoms. The molecule has 1 aromatic rings. The highest BCUT2D eigenvalue weighted by Gasteiger charge is 2.40. The third-order valence-electron chi connectivity index (χ3n) is 4.41. The van der Waals surface area contributed by atoms with E-state index in [9.17, 15) is 4.79 Å². The molecule has 0 aliphatic carbocycles. The summed E-state index contributed by atoms with van der Waals surface area (Å²) in [6, 6.07) is 7.40. The predicted octanol–water partition coefficient (Wildman–Crippen LogP) is 1.59. The van der Waals surface area contributed by atoms with Crippen LogP contribution in [0.25, 0.3) is 0 Å². The van der Waals surface area contributed by atoms with E-state index >= 15 is 0 Å². The number of nitrogens with one attached hydrogen (secondary N) is 2. The number of carbonyl (C=O) groups excluding carboxylic acids is 1. The average molecular weight is 361 g/mol. The molecule has 6 nitrogen and oxygen atoms in total. The first-order valence-corrected chi connectivity index (χ1v) is 8.87. The van der Waals surface area contributed by atoms with Gasteiger partial charge in [0.15, 0.2) is 5.11 Å². The van der Waals surface area contributed by atoms with Crippen LogP contribution in [0.4, 0.5) is 0 Å². The van der Waals surface area contributed by atoms with Crippen LogP contribution in [0.15, 0.2) is 36.5 Å². The number of carbonyl (C=O) groups is 1. The van der Waals surface area contributed by atoms with Crippen molar-refractivity contribution in [1.82, 2.24) is 15.5 Å². The van der Waals surface area contributed by atoms with Crippen LogP contribution in [-0.4, -0.2) is 48.8 Å². The number of thiocarbonyl (C=S) groups is 1. The Hall–Kier alpha value is -2.12. The summed E-state index contributed by atoms with van der Waals surface area (Å²) in [6.07, 6.45) is 0. The summed E-state index contributed by atoms with van der Waals surface area (Å²) in [5, 5.41) is 6.70. The summed E-state index contributed by atoms with van der Waals surface area (Å²) in [5.74, 6) is 0.304. The molecule has 1 amide bonds. The molecular formula is C18H23N3O3S. The highest BCUT2D eigenvalue weighted by atomic mass is 32.1. The van der Waals surface area contributed by atoms with Gasteiger partial charge < -0.3 is 25.0 Å². The lowest BCUT2D eigenvalue weighted by atomic mass is 9.87. The number of nitrogens with zero attached hydrogens (tertiary/aromatic N) is 1. The van der Waals surface area contributed by atoms with Crippen molar-refractivity contribution in [2.75, 3.05) is 32.9 Å². The first kappa shape index (κ1) is 17.7. The molecule has 1 aromatic carbocycles. The predicted molar refractivity (Wildman–Crippen MR) is 99.3 cm³/mol. The highest BCUT2D eigenvalue weighted by Crippen LogP contribution is 2.36. The van der Waals surface area contributed by atoms with Gasteiger partial charge in [0.25, 0.3) is 0 Å². The zero-order valence-electron chi connectivity index (χ0n) is 14.3. The SMILES string of the molecule is C=C1NC(=S)N[C@@H](c2ccccc2OCC)[C@@H]1C(=O)N1CCOCC1. The minimum atomic E-state index is -0.466. The van der Waals surface area contributed by atoms with Gasteiger partial charge >= 0.3 is 0 Å². The first-order valence-electron chi connectivity index (χ1n) is 8.46. The molecule has 0 bridgehead atoms. The quantitative estimate of drug-likeness (QED) is 0.795. The lowest BCUT2D eigenvalue weighted by Gasteiger charge is -2.39. The highest BCUT2D eigenvalue weighted by molar-refractivity contribution is 7.80. The minimum absolute atomic E-state index is 0.0205. The Kier molecular flexibility index (Phi) is 5.55. The van der Waals surface area contributed by atoms with E-state index in [-0.39, 0.29) is 11.9 Å². The molecule has 2 saturated heterocycles. The van der Waals surface area contributed by atoms with Crippen molar-refractivity contribution in [3.05, 3.63) is 42.1 Å². The van der Waals surface area contributed by atoms with Gasteiger partial charge in [-0.05, 0) is 25.2 Å². The molecular weight excluding hydrogens is 338 g/mol. The zero-order valence-corrected chi connectivity index (χ0v) is 15.1. The molecule has 134 valence electrons. The van der Waals surface area contributed by atoms with Gasteiger partial charge in [-0.1, -0.05) is 24.8 Å². The zero-order chi connectivity index (χ0) is 17.8. The number of rotatable bonds is 4. The van der Waals surface area contributed by atoms with Gasteiger partial charge in [0.2, 0.25) is 5.91 Å². The Labute approximate surface area is 153 Å². The van der Waals surface area contributed by atoms with Crippen molar-refractivity contribution in [1.29, 1.82) is 0 Å². The molecule has 7 heteroatoms. The van der Waals surface area contributed by atoms with Crippen molar-refractivity contribution in [2.45, 2.75) is 13.0 Å². The molecule has 0 aromatic heterocycles. The van der Waals surface area contributed by atoms with Crippen LogP contribution in [0.2, 0.25) is 0 Å². The van der Waals surface area contributed by atoms with Crippen LogP contribution in [0.3, 0.4) is 0 Å². The fourth-order valence-electron chi connectivity index (χ4n) is 3.24. The molecule has 0 radical (unpaired) electrons. The molecule has 0 unspecified atom stereocenters. The topological polar surface area (TPSA) is 62.8 Å². The standard InChI is InChI=1S/C18H23N3O3S/c1-3-24-14-7-5-4-6-13(14)16-15(12(2)19-18(25)20-16)17(22)21-8-10-23-11-9-21/h4-7,15-16H,2-3,8-11H2,1H3,(H2,19,20,25)/t15-,16+/m1/s1. The van der Waals surface area contributed by atoms with E-state index < -0.39 is 5.92 Å². The Bertz CT molecular complexity index is 673. The number of amides is 1. The number of ether oxygens (including phenoxy) is 2. The Morgan fingerprint density at radius 3 is 2.84 bits per heavy atom. The second-order valence-corrected chi connectivity index (χ2v) is 6.40. The maximum absolute atomic E-state index is 13.2. The van der Waals surface area contributed by atoms with Crippen LogP contribution in [0.5, 0.6) is 5.75 Å². The summed E-state index contributed by atoms with van der Waals surface area (Å²) in [6.45, 7) is 8.84. The third kappa shape index (κ3) is 3.77. The molecule has 2 N–H and O–H groups in total. The van der Waals surface area contributed by atoms with Gasteiger partial charge in [-0.3, -0.25) is 4.79 Å². The van der Waals surface area contributed by atoms with E-state index in [0.717, 1.165) is 11.3 Å². The molecule has 2 fully saturated rings. The van der Waals surface area contributed by atoms with E-state index in [1.165, 1.54) is 0 Å². The summed E-state index contributed by atoms with van der Waals surface area (Å²) in [5.41, 5.74) is 1.51. The molecule has 2 heterocycles. The van der Waals surface area contributed by atoms with Crippen LogP contribution in [0.1, 0.15) is 18.5 Å². The van der Waals surface area contributed by atoms with Crippen molar-refractivity contribution < 1.29 is 14.3 Å². The van der Waals surface area contributed by atoms with Crippen molar-refractivity contribution in [2.24, 2.45) is 5.92 Å².